The van der Waals surface area contributed by atoms with Crippen LogP contribution in [0.25, 0.3) is 0 Å². The largest absolute Gasteiger partial charge is 0.333 e. The number of benzene rings is 1. The number of amides is 1. The lowest BCUT2D eigenvalue weighted by Gasteiger charge is -2.37. The van der Waals surface area contributed by atoms with Crippen molar-refractivity contribution in [3.05, 3.63) is 34.9 Å². The third kappa shape index (κ3) is 3.36. The molecule has 0 aromatic heterocycles. The summed E-state index contributed by atoms with van der Waals surface area (Å²) in [6.07, 6.45) is 1.01. The molecule has 1 aliphatic heterocycles. The Morgan fingerprint density at radius 3 is 2.76 bits per heavy atom. The fourth-order valence-electron chi connectivity index (χ4n) is 3.07. The van der Waals surface area contributed by atoms with Crippen LogP contribution in [0.3, 0.4) is 0 Å². The molecule has 3 nitrogen and oxygen atoms in total. The van der Waals surface area contributed by atoms with E-state index in [0.717, 1.165) is 36.6 Å². The Morgan fingerprint density at radius 1 is 1.43 bits per heavy atom. The maximum atomic E-state index is 12.7. The molecule has 0 spiro atoms. The summed E-state index contributed by atoms with van der Waals surface area (Å²) < 4.78 is 0. The van der Waals surface area contributed by atoms with Crippen LogP contribution in [-0.4, -0.2) is 30.4 Å². The molecule has 3 rings (SSSR count). The number of carbonyl (C=O) groups is 1. The van der Waals surface area contributed by atoms with E-state index in [0.29, 0.717) is 5.91 Å². The second kappa shape index (κ2) is 6.15. The minimum Gasteiger partial charge on any atom is -0.333 e. The predicted octanol–water partition coefficient (Wildman–Crippen LogP) is 3.28. The predicted molar refractivity (Wildman–Crippen MR) is 87.9 cm³/mol. The van der Waals surface area contributed by atoms with E-state index in [-0.39, 0.29) is 29.8 Å². The number of hydrogen-bond acceptors (Lipinski definition) is 2. The van der Waals surface area contributed by atoms with Crippen molar-refractivity contribution in [3.8, 4) is 0 Å². The molecule has 1 heterocycles. The summed E-state index contributed by atoms with van der Waals surface area (Å²) in [4.78, 5) is 14.8. The van der Waals surface area contributed by atoms with E-state index in [4.69, 9.17) is 11.6 Å². The zero-order chi connectivity index (χ0) is 14.3. The van der Waals surface area contributed by atoms with Crippen molar-refractivity contribution in [2.45, 2.75) is 26.3 Å². The Bertz CT molecular complexity index is 533. The van der Waals surface area contributed by atoms with Gasteiger partial charge in [0, 0.05) is 30.6 Å². The highest BCUT2D eigenvalue weighted by atomic mass is 35.5. The summed E-state index contributed by atoms with van der Waals surface area (Å²) >= 11 is 6.09. The first kappa shape index (κ1) is 16.6. The van der Waals surface area contributed by atoms with Crippen LogP contribution in [0.15, 0.2) is 24.3 Å². The van der Waals surface area contributed by atoms with Gasteiger partial charge in [-0.2, -0.15) is 0 Å². The number of carbonyl (C=O) groups excluding carboxylic acids is 1. The van der Waals surface area contributed by atoms with Crippen molar-refractivity contribution >= 4 is 29.9 Å². The molecular weight excluding hydrogens is 307 g/mol. The third-order valence-electron chi connectivity index (χ3n) is 4.57. The lowest BCUT2D eigenvalue weighted by Crippen LogP contribution is -2.49. The SMILES string of the molecule is CC1(C)CC1C(=O)N1CCNCC1c1cccc(Cl)c1.Cl. The van der Waals surface area contributed by atoms with Gasteiger partial charge < -0.3 is 10.2 Å². The first-order valence-corrected chi connectivity index (χ1v) is 7.63. The topological polar surface area (TPSA) is 32.3 Å². The molecular formula is C16H22Cl2N2O. The van der Waals surface area contributed by atoms with Gasteiger partial charge in [0.25, 0.3) is 0 Å². The van der Waals surface area contributed by atoms with Gasteiger partial charge in [0.1, 0.15) is 0 Å². The Labute approximate surface area is 137 Å². The monoisotopic (exact) mass is 328 g/mol. The summed E-state index contributed by atoms with van der Waals surface area (Å²) in [7, 11) is 0. The van der Waals surface area contributed by atoms with Crippen LogP contribution in [0, 0.1) is 11.3 Å². The molecule has 1 saturated carbocycles. The summed E-state index contributed by atoms with van der Waals surface area (Å²) in [6, 6.07) is 7.96. The molecule has 2 atom stereocenters. The highest BCUT2D eigenvalue weighted by molar-refractivity contribution is 6.30. The van der Waals surface area contributed by atoms with E-state index in [1.165, 1.54) is 0 Å². The standard InChI is InChI=1S/C16H21ClN2O.ClH/c1-16(2)9-13(16)15(20)19-7-6-18-10-14(19)11-4-3-5-12(17)8-11;/h3-5,8,13-14,18H,6-7,9-10H2,1-2H3;1H. The fourth-order valence-corrected chi connectivity index (χ4v) is 3.27. The van der Waals surface area contributed by atoms with Crippen LogP contribution in [0.2, 0.25) is 5.02 Å². The van der Waals surface area contributed by atoms with E-state index < -0.39 is 0 Å². The third-order valence-corrected chi connectivity index (χ3v) is 4.81. The van der Waals surface area contributed by atoms with Crippen LogP contribution in [0.4, 0.5) is 0 Å². The lowest BCUT2D eigenvalue weighted by molar-refractivity contribution is -0.136. The van der Waals surface area contributed by atoms with Crippen molar-refractivity contribution in [2.75, 3.05) is 19.6 Å². The van der Waals surface area contributed by atoms with Gasteiger partial charge >= 0.3 is 0 Å². The first-order valence-electron chi connectivity index (χ1n) is 7.26. The lowest BCUT2D eigenvalue weighted by atomic mass is 10.0. The first-order chi connectivity index (χ1) is 9.49. The summed E-state index contributed by atoms with van der Waals surface area (Å²) in [5.41, 5.74) is 1.30. The molecule has 1 amide bonds. The molecule has 2 aliphatic rings. The Kier molecular flexibility index (Phi) is 4.86. The molecule has 2 fully saturated rings. The summed E-state index contributed by atoms with van der Waals surface area (Å²) in [5, 5.41) is 4.11. The van der Waals surface area contributed by atoms with Gasteiger partial charge in [-0.3, -0.25) is 4.79 Å². The number of nitrogens with zero attached hydrogens (tertiary/aromatic N) is 1. The van der Waals surface area contributed by atoms with Crippen LogP contribution < -0.4 is 5.32 Å². The quantitative estimate of drug-likeness (QED) is 0.903. The number of halogens is 2. The number of hydrogen-bond donors (Lipinski definition) is 1. The van der Waals surface area contributed by atoms with Crippen molar-refractivity contribution in [1.82, 2.24) is 10.2 Å². The fraction of sp³-hybridized carbons (Fsp3) is 0.562. The van der Waals surface area contributed by atoms with Crippen LogP contribution in [-0.2, 0) is 4.79 Å². The van der Waals surface area contributed by atoms with Crippen LogP contribution in [0.1, 0.15) is 31.9 Å². The van der Waals surface area contributed by atoms with Gasteiger partial charge in [-0.25, -0.2) is 0 Å². The van der Waals surface area contributed by atoms with E-state index in [2.05, 4.69) is 25.2 Å². The maximum Gasteiger partial charge on any atom is 0.226 e. The minimum absolute atomic E-state index is 0. The Hall–Kier alpha value is -0.770. The average molecular weight is 329 g/mol. The van der Waals surface area contributed by atoms with Crippen LogP contribution in [0.5, 0.6) is 0 Å². The normalized spacial score (nSPS) is 26.9. The number of nitrogens with one attached hydrogen (secondary N) is 1. The zero-order valence-electron chi connectivity index (χ0n) is 12.4. The molecule has 1 N–H and O–H groups in total. The number of rotatable bonds is 2. The van der Waals surface area contributed by atoms with E-state index >= 15 is 0 Å². The molecule has 1 aliphatic carbocycles. The molecule has 0 radical (unpaired) electrons. The molecule has 2 unspecified atom stereocenters. The Balaban J connectivity index is 0.00000161. The highest BCUT2D eigenvalue weighted by Gasteiger charge is 2.52. The smallest absolute Gasteiger partial charge is 0.226 e. The molecule has 21 heavy (non-hydrogen) atoms. The van der Waals surface area contributed by atoms with Crippen molar-refractivity contribution < 1.29 is 4.79 Å². The minimum atomic E-state index is 0. The highest BCUT2D eigenvalue weighted by Crippen LogP contribution is 2.53. The zero-order valence-corrected chi connectivity index (χ0v) is 14.0. The van der Waals surface area contributed by atoms with Gasteiger partial charge in [-0.1, -0.05) is 37.6 Å². The second-order valence-corrected chi connectivity index (χ2v) is 6.99. The van der Waals surface area contributed by atoms with Gasteiger partial charge in [0.2, 0.25) is 5.91 Å². The van der Waals surface area contributed by atoms with Gasteiger partial charge in [-0.05, 0) is 29.5 Å². The van der Waals surface area contributed by atoms with Gasteiger partial charge in [0.15, 0.2) is 0 Å². The Morgan fingerprint density at radius 2 is 2.14 bits per heavy atom. The summed E-state index contributed by atoms with van der Waals surface area (Å²) in [5.74, 6) is 0.503. The van der Waals surface area contributed by atoms with Gasteiger partial charge in [-0.15, -0.1) is 12.4 Å². The molecule has 5 heteroatoms. The van der Waals surface area contributed by atoms with Crippen molar-refractivity contribution in [2.24, 2.45) is 11.3 Å². The molecule has 1 aromatic carbocycles. The van der Waals surface area contributed by atoms with Crippen LogP contribution >= 0.6 is 24.0 Å². The van der Waals surface area contributed by atoms with Crippen molar-refractivity contribution in [1.29, 1.82) is 0 Å². The van der Waals surface area contributed by atoms with E-state index in [1.807, 2.05) is 23.1 Å². The van der Waals surface area contributed by atoms with E-state index in [1.54, 1.807) is 0 Å². The van der Waals surface area contributed by atoms with Gasteiger partial charge in [0.05, 0.1) is 6.04 Å². The molecule has 116 valence electrons. The molecule has 1 saturated heterocycles. The number of piperazine rings is 1. The maximum absolute atomic E-state index is 12.7. The average Bonchev–Trinajstić information content (AvgIpc) is 3.07. The molecule has 0 bridgehead atoms. The second-order valence-electron chi connectivity index (χ2n) is 6.55. The van der Waals surface area contributed by atoms with Crippen molar-refractivity contribution in [3.63, 3.8) is 0 Å². The van der Waals surface area contributed by atoms with E-state index in [9.17, 15) is 4.79 Å². The molecule has 1 aromatic rings. The summed E-state index contributed by atoms with van der Waals surface area (Å²) in [6.45, 7) is 6.80.